The van der Waals surface area contributed by atoms with Gasteiger partial charge in [0.1, 0.15) is 5.82 Å². The molecule has 0 bridgehead atoms. The number of hydrogen-bond donors (Lipinski definition) is 1. The molecule has 34 heavy (non-hydrogen) atoms. The highest BCUT2D eigenvalue weighted by molar-refractivity contribution is 9.10. The maximum atomic E-state index is 13.2. The van der Waals surface area contributed by atoms with Gasteiger partial charge in [-0.25, -0.2) is 9.78 Å². The topological polar surface area (TPSA) is 137 Å². The molecular weight excluding hydrogens is 532 g/mol. The zero-order valence-electron chi connectivity index (χ0n) is 18.2. The van der Waals surface area contributed by atoms with Crippen LogP contribution in [0.2, 0.25) is 5.02 Å². The van der Waals surface area contributed by atoms with Gasteiger partial charge in [-0.15, -0.1) is 0 Å². The van der Waals surface area contributed by atoms with Crippen molar-refractivity contribution in [2.75, 3.05) is 0 Å². The molecule has 3 rings (SSSR count). The van der Waals surface area contributed by atoms with Gasteiger partial charge >= 0.3 is 11.7 Å². The van der Waals surface area contributed by atoms with Crippen molar-refractivity contribution in [2.45, 2.75) is 39.2 Å². The Labute approximate surface area is 207 Å². The first-order chi connectivity index (χ1) is 16.1. The van der Waals surface area contributed by atoms with Gasteiger partial charge in [-0.2, -0.15) is 9.78 Å². The standard InChI is InChI=1S/C22H20BrClN4O6/c1-3-4-5-19-26-17-7-6-14(23)9-16(17)21(29)27(19)25-11-13-8-15(24)10-18(28(32)33)20(13)34-12(2)22(30)31/h6-12H,3-5H2,1-2H3,(H,30,31)/t12-/m1/s1. The third-order valence-electron chi connectivity index (χ3n) is 4.84. The van der Waals surface area contributed by atoms with Gasteiger partial charge in [0, 0.05) is 27.5 Å². The number of carboxylic acid groups (broad SMARTS) is 1. The highest BCUT2D eigenvalue weighted by Gasteiger charge is 2.25. The Balaban J connectivity index is 2.20. The molecule has 0 aliphatic heterocycles. The molecule has 178 valence electrons. The molecule has 0 spiro atoms. The molecule has 1 N–H and O–H groups in total. The summed E-state index contributed by atoms with van der Waals surface area (Å²) in [5, 5.41) is 25.4. The van der Waals surface area contributed by atoms with E-state index in [0.717, 1.165) is 23.6 Å². The lowest BCUT2D eigenvalue weighted by Crippen LogP contribution is -2.24. The minimum Gasteiger partial charge on any atom is -0.479 e. The number of nitro groups is 1. The number of hydrogen-bond acceptors (Lipinski definition) is 7. The van der Waals surface area contributed by atoms with Crippen LogP contribution in [0, 0.1) is 10.1 Å². The van der Waals surface area contributed by atoms with Gasteiger partial charge in [-0.1, -0.05) is 40.9 Å². The van der Waals surface area contributed by atoms with E-state index in [1.165, 1.54) is 19.2 Å². The second-order valence-corrected chi connectivity index (χ2v) is 8.71. The zero-order chi connectivity index (χ0) is 25.0. The van der Waals surface area contributed by atoms with Crippen LogP contribution in [0.1, 0.15) is 38.1 Å². The van der Waals surface area contributed by atoms with Crippen molar-refractivity contribution in [3.8, 4) is 5.75 Å². The largest absolute Gasteiger partial charge is 0.479 e. The van der Waals surface area contributed by atoms with Crippen molar-refractivity contribution in [3.63, 3.8) is 0 Å². The second-order valence-electron chi connectivity index (χ2n) is 7.35. The van der Waals surface area contributed by atoms with E-state index in [0.29, 0.717) is 27.6 Å². The molecule has 1 aromatic heterocycles. The maximum absolute atomic E-state index is 13.2. The van der Waals surface area contributed by atoms with E-state index in [9.17, 15) is 24.8 Å². The molecule has 0 radical (unpaired) electrons. The van der Waals surface area contributed by atoms with E-state index in [1.54, 1.807) is 18.2 Å². The van der Waals surface area contributed by atoms with Gasteiger partial charge in [0.2, 0.25) is 5.75 Å². The summed E-state index contributed by atoms with van der Waals surface area (Å²) in [7, 11) is 0. The fourth-order valence-electron chi connectivity index (χ4n) is 3.12. The summed E-state index contributed by atoms with van der Waals surface area (Å²) in [6, 6.07) is 7.53. The third-order valence-corrected chi connectivity index (χ3v) is 5.55. The summed E-state index contributed by atoms with van der Waals surface area (Å²) in [5.41, 5.74) is -0.397. The first-order valence-electron chi connectivity index (χ1n) is 10.2. The molecule has 2 aromatic carbocycles. The predicted octanol–water partition coefficient (Wildman–Crippen LogP) is 4.80. The average molecular weight is 552 g/mol. The van der Waals surface area contributed by atoms with E-state index in [1.807, 2.05) is 6.92 Å². The number of unbranched alkanes of at least 4 members (excludes halogenated alkanes) is 1. The first-order valence-corrected chi connectivity index (χ1v) is 11.4. The quantitative estimate of drug-likeness (QED) is 0.229. The highest BCUT2D eigenvalue weighted by Crippen LogP contribution is 2.34. The summed E-state index contributed by atoms with van der Waals surface area (Å²) in [6.07, 6.45) is 1.89. The molecule has 1 heterocycles. The van der Waals surface area contributed by atoms with Crippen molar-refractivity contribution in [3.05, 3.63) is 71.7 Å². The summed E-state index contributed by atoms with van der Waals surface area (Å²) in [5.74, 6) is -1.22. The first kappa shape index (κ1) is 25.3. The van der Waals surface area contributed by atoms with Crippen molar-refractivity contribution >= 4 is 56.3 Å². The Morgan fingerprint density at radius 2 is 2.15 bits per heavy atom. The average Bonchev–Trinajstić information content (AvgIpc) is 2.78. The molecule has 10 nitrogen and oxygen atoms in total. The molecular formula is C22H20BrClN4O6. The van der Waals surface area contributed by atoms with Gasteiger partial charge in [-0.3, -0.25) is 14.9 Å². The second kappa shape index (κ2) is 10.7. The maximum Gasteiger partial charge on any atom is 0.344 e. The molecule has 0 aliphatic carbocycles. The smallest absolute Gasteiger partial charge is 0.344 e. The Bertz CT molecular complexity index is 1360. The van der Waals surface area contributed by atoms with Crippen LogP contribution in [0.5, 0.6) is 5.75 Å². The van der Waals surface area contributed by atoms with Crippen LogP contribution in [0.25, 0.3) is 10.9 Å². The number of nitrogens with zero attached hydrogens (tertiary/aromatic N) is 4. The Morgan fingerprint density at radius 3 is 2.79 bits per heavy atom. The monoisotopic (exact) mass is 550 g/mol. The van der Waals surface area contributed by atoms with E-state index in [4.69, 9.17) is 16.3 Å². The van der Waals surface area contributed by atoms with Crippen LogP contribution in [0.4, 0.5) is 5.69 Å². The number of halogens is 2. The predicted molar refractivity (Wildman–Crippen MR) is 131 cm³/mol. The van der Waals surface area contributed by atoms with E-state index in [-0.39, 0.29) is 16.3 Å². The summed E-state index contributed by atoms with van der Waals surface area (Å²) in [4.78, 5) is 39.9. The van der Waals surface area contributed by atoms with E-state index in [2.05, 4.69) is 26.0 Å². The summed E-state index contributed by atoms with van der Waals surface area (Å²) >= 11 is 9.39. The molecule has 1 atom stereocenters. The highest BCUT2D eigenvalue weighted by atomic mass is 79.9. The number of carboxylic acids is 1. The number of nitro benzene ring substituents is 1. The molecule has 0 unspecified atom stereocenters. The van der Waals surface area contributed by atoms with Gasteiger partial charge in [-0.05, 0) is 37.6 Å². The van der Waals surface area contributed by atoms with Crippen LogP contribution < -0.4 is 10.3 Å². The number of aromatic nitrogens is 2. The SMILES string of the molecule is CCCCc1nc2ccc(Br)cc2c(=O)n1N=Cc1cc(Cl)cc([N+](=O)[O-])c1O[C@H](C)C(=O)O. The fraction of sp³-hybridized carbons (Fsp3) is 0.273. The van der Waals surface area contributed by atoms with Crippen molar-refractivity contribution in [1.82, 2.24) is 9.66 Å². The molecule has 0 fully saturated rings. The lowest BCUT2D eigenvalue weighted by molar-refractivity contribution is -0.386. The van der Waals surface area contributed by atoms with Crippen molar-refractivity contribution < 1.29 is 19.6 Å². The van der Waals surface area contributed by atoms with Gasteiger partial charge in [0.05, 0.1) is 22.0 Å². The fourth-order valence-corrected chi connectivity index (χ4v) is 3.70. The van der Waals surface area contributed by atoms with E-state index < -0.39 is 28.2 Å². The summed E-state index contributed by atoms with van der Waals surface area (Å²) < 4.78 is 7.17. The van der Waals surface area contributed by atoms with Crippen LogP contribution >= 0.6 is 27.5 Å². The summed E-state index contributed by atoms with van der Waals surface area (Å²) in [6.45, 7) is 3.24. The van der Waals surface area contributed by atoms with Crippen LogP contribution in [-0.4, -0.2) is 38.0 Å². The number of rotatable bonds is 9. The Hall–Kier alpha value is -3.31. The van der Waals surface area contributed by atoms with Crippen LogP contribution in [-0.2, 0) is 11.2 Å². The normalized spacial score (nSPS) is 12.2. The zero-order valence-corrected chi connectivity index (χ0v) is 20.5. The third kappa shape index (κ3) is 5.60. The molecule has 0 amide bonds. The Morgan fingerprint density at radius 1 is 1.41 bits per heavy atom. The molecule has 0 saturated carbocycles. The minimum atomic E-state index is -1.38. The molecule has 12 heteroatoms. The minimum absolute atomic E-state index is 0.0163. The van der Waals surface area contributed by atoms with Crippen molar-refractivity contribution in [1.29, 1.82) is 0 Å². The number of benzene rings is 2. The number of fused-ring (bicyclic) bond motifs is 1. The molecule has 0 aliphatic rings. The van der Waals surface area contributed by atoms with Gasteiger partial charge in [0.25, 0.3) is 5.56 Å². The molecule has 3 aromatic rings. The number of ether oxygens (including phenoxy) is 1. The number of carbonyl (C=O) groups is 1. The van der Waals surface area contributed by atoms with Gasteiger partial charge in [0.15, 0.2) is 6.10 Å². The van der Waals surface area contributed by atoms with E-state index >= 15 is 0 Å². The number of aliphatic carboxylic acids is 1. The lowest BCUT2D eigenvalue weighted by atomic mass is 10.2. The van der Waals surface area contributed by atoms with Gasteiger partial charge < -0.3 is 9.84 Å². The van der Waals surface area contributed by atoms with Crippen molar-refractivity contribution in [2.24, 2.45) is 5.10 Å². The van der Waals surface area contributed by atoms with Crippen LogP contribution in [0.15, 0.2) is 44.7 Å². The Kier molecular flexibility index (Phi) is 8.00. The number of aryl methyl sites for hydroxylation is 1. The van der Waals surface area contributed by atoms with Crippen LogP contribution in [0.3, 0.4) is 0 Å². The molecule has 0 saturated heterocycles. The lowest BCUT2D eigenvalue weighted by Gasteiger charge is -2.13.